The molecule has 2 aromatic carbocycles. The van der Waals surface area contributed by atoms with Crippen LogP contribution < -0.4 is 15.4 Å². The number of aromatic nitrogens is 3. The van der Waals surface area contributed by atoms with Crippen LogP contribution in [-0.4, -0.2) is 39.4 Å². The first kappa shape index (κ1) is 27.6. The fraction of sp³-hybridized carbons (Fsp3) is 0.280. The lowest BCUT2D eigenvalue weighted by atomic mass is 10.0. The lowest BCUT2D eigenvalue weighted by Gasteiger charge is -2.22. The summed E-state index contributed by atoms with van der Waals surface area (Å²) in [5.74, 6) is 0.901. The van der Waals surface area contributed by atoms with Gasteiger partial charge in [0.2, 0.25) is 5.91 Å². The Morgan fingerprint density at radius 2 is 1.86 bits per heavy atom. The number of methoxy groups -OCH3 is 1. The highest BCUT2D eigenvalue weighted by Gasteiger charge is 2.26. The SMILES string of the molecule is C=CCn1c(SCC(=O)Nc2ccc(Cl)c(Cl)c2)nnc1[C@H](NC(=O)c1ccc(OC)cc1)C(C)C. The van der Waals surface area contributed by atoms with Gasteiger partial charge in [-0.15, -0.1) is 16.8 Å². The van der Waals surface area contributed by atoms with Gasteiger partial charge in [-0.25, -0.2) is 0 Å². The normalized spacial score (nSPS) is 11.7. The molecule has 0 bridgehead atoms. The Bertz CT molecular complexity index is 1230. The second-order valence-electron chi connectivity index (χ2n) is 8.13. The molecule has 0 spiro atoms. The molecule has 3 rings (SSSR count). The van der Waals surface area contributed by atoms with Crippen molar-refractivity contribution < 1.29 is 14.3 Å². The van der Waals surface area contributed by atoms with Crippen molar-refractivity contribution in [2.75, 3.05) is 18.2 Å². The summed E-state index contributed by atoms with van der Waals surface area (Å²) in [5.41, 5.74) is 1.05. The van der Waals surface area contributed by atoms with Crippen molar-refractivity contribution in [1.82, 2.24) is 20.1 Å². The van der Waals surface area contributed by atoms with E-state index in [2.05, 4.69) is 27.4 Å². The highest BCUT2D eigenvalue weighted by Crippen LogP contribution is 2.27. The highest BCUT2D eigenvalue weighted by atomic mass is 35.5. The molecular weight excluding hydrogens is 521 g/mol. The largest absolute Gasteiger partial charge is 0.497 e. The minimum atomic E-state index is -0.411. The summed E-state index contributed by atoms with van der Waals surface area (Å²) in [6.45, 7) is 8.22. The number of rotatable bonds is 11. The van der Waals surface area contributed by atoms with Gasteiger partial charge in [-0.1, -0.05) is 54.9 Å². The predicted octanol–water partition coefficient (Wildman–Crippen LogP) is 5.64. The number of anilines is 1. The molecule has 1 aromatic heterocycles. The third-order valence-electron chi connectivity index (χ3n) is 5.18. The highest BCUT2D eigenvalue weighted by molar-refractivity contribution is 7.99. The second-order valence-corrected chi connectivity index (χ2v) is 9.89. The van der Waals surface area contributed by atoms with Crippen LogP contribution in [0.5, 0.6) is 5.75 Å². The molecule has 0 aliphatic carbocycles. The number of allylic oxidation sites excluding steroid dienone is 1. The predicted molar refractivity (Wildman–Crippen MR) is 144 cm³/mol. The van der Waals surface area contributed by atoms with E-state index in [-0.39, 0.29) is 23.5 Å². The number of benzene rings is 2. The van der Waals surface area contributed by atoms with Gasteiger partial charge in [0.1, 0.15) is 5.75 Å². The van der Waals surface area contributed by atoms with E-state index in [1.165, 1.54) is 11.8 Å². The summed E-state index contributed by atoms with van der Waals surface area (Å²) in [4.78, 5) is 25.4. The molecule has 0 fully saturated rings. The van der Waals surface area contributed by atoms with Crippen molar-refractivity contribution >= 4 is 52.5 Å². The summed E-state index contributed by atoms with van der Waals surface area (Å²) in [6, 6.07) is 11.3. The van der Waals surface area contributed by atoms with Crippen LogP contribution in [0.1, 0.15) is 36.1 Å². The van der Waals surface area contributed by atoms with Crippen LogP contribution in [0.4, 0.5) is 5.69 Å². The van der Waals surface area contributed by atoms with Gasteiger partial charge in [0.05, 0.1) is 28.9 Å². The van der Waals surface area contributed by atoms with Crippen LogP contribution in [0, 0.1) is 5.92 Å². The zero-order chi connectivity index (χ0) is 26.2. The van der Waals surface area contributed by atoms with Crippen molar-refractivity contribution in [3.8, 4) is 5.75 Å². The van der Waals surface area contributed by atoms with E-state index in [0.29, 0.717) is 44.6 Å². The molecule has 0 aliphatic heterocycles. The van der Waals surface area contributed by atoms with Crippen molar-refractivity contribution in [1.29, 1.82) is 0 Å². The van der Waals surface area contributed by atoms with Crippen LogP contribution in [0.3, 0.4) is 0 Å². The van der Waals surface area contributed by atoms with Gasteiger partial charge in [0.15, 0.2) is 11.0 Å². The van der Waals surface area contributed by atoms with E-state index in [1.54, 1.807) is 55.7 Å². The van der Waals surface area contributed by atoms with E-state index in [9.17, 15) is 9.59 Å². The molecule has 1 atom stereocenters. The van der Waals surface area contributed by atoms with Crippen molar-refractivity contribution in [2.24, 2.45) is 5.92 Å². The Morgan fingerprint density at radius 3 is 2.47 bits per heavy atom. The number of halogens is 2. The van der Waals surface area contributed by atoms with Crippen LogP contribution in [0.25, 0.3) is 0 Å². The molecule has 36 heavy (non-hydrogen) atoms. The first-order valence-corrected chi connectivity index (χ1v) is 12.8. The molecule has 8 nitrogen and oxygen atoms in total. The number of hydrogen-bond donors (Lipinski definition) is 2. The summed E-state index contributed by atoms with van der Waals surface area (Å²) in [6.07, 6.45) is 1.72. The zero-order valence-electron chi connectivity index (χ0n) is 20.1. The Balaban J connectivity index is 1.74. The molecule has 2 amide bonds. The smallest absolute Gasteiger partial charge is 0.251 e. The molecule has 3 aromatic rings. The topological polar surface area (TPSA) is 98.1 Å². The maximum Gasteiger partial charge on any atom is 0.251 e. The minimum Gasteiger partial charge on any atom is -0.497 e. The number of thioether (sulfide) groups is 1. The van der Waals surface area contributed by atoms with E-state index >= 15 is 0 Å². The van der Waals surface area contributed by atoms with E-state index in [1.807, 2.05) is 18.4 Å². The van der Waals surface area contributed by atoms with Gasteiger partial charge < -0.3 is 19.9 Å². The number of nitrogens with zero attached hydrogens (tertiary/aromatic N) is 3. The first-order chi connectivity index (χ1) is 17.2. The maximum absolute atomic E-state index is 12.9. The summed E-state index contributed by atoms with van der Waals surface area (Å²) in [7, 11) is 1.57. The maximum atomic E-state index is 12.9. The Kier molecular flexibility index (Phi) is 9.81. The molecule has 0 unspecified atom stereocenters. The first-order valence-electron chi connectivity index (χ1n) is 11.1. The van der Waals surface area contributed by atoms with E-state index in [0.717, 1.165) is 0 Å². The quantitative estimate of drug-likeness (QED) is 0.238. The Hall–Kier alpha value is -3.01. The van der Waals surface area contributed by atoms with Gasteiger partial charge in [0, 0.05) is 17.8 Å². The Morgan fingerprint density at radius 1 is 1.14 bits per heavy atom. The number of nitrogens with one attached hydrogen (secondary N) is 2. The van der Waals surface area contributed by atoms with Gasteiger partial charge in [0.25, 0.3) is 5.91 Å². The standard InChI is InChI=1S/C25H27Cl2N5O3S/c1-5-12-32-23(22(15(2)3)29-24(34)16-6-9-18(35-4)10-7-16)30-31-25(32)36-14-21(33)28-17-8-11-19(26)20(27)13-17/h5-11,13,15,22H,1,12,14H2,2-4H3,(H,28,33)(H,29,34)/t22-/m1/s1. The van der Waals surface area contributed by atoms with Gasteiger partial charge in [-0.05, 0) is 48.4 Å². The van der Waals surface area contributed by atoms with Crippen molar-refractivity contribution in [3.63, 3.8) is 0 Å². The number of ether oxygens (including phenoxy) is 1. The monoisotopic (exact) mass is 547 g/mol. The van der Waals surface area contributed by atoms with Crippen LogP contribution in [0.15, 0.2) is 60.3 Å². The lowest BCUT2D eigenvalue weighted by molar-refractivity contribution is -0.113. The third-order valence-corrected chi connectivity index (χ3v) is 6.88. The van der Waals surface area contributed by atoms with E-state index < -0.39 is 6.04 Å². The van der Waals surface area contributed by atoms with Crippen molar-refractivity contribution in [3.05, 3.63) is 76.6 Å². The molecule has 0 radical (unpaired) electrons. The lowest BCUT2D eigenvalue weighted by Crippen LogP contribution is -2.33. The molecule has 2 N–H and O–H groups in total. The molecular formula is C25H27Cl2N5O3S. The molecule has 11 heteroatoms. The average Bonchev–Trinajstić information content (AvgIpc) is 3.25. The average molecular weight is 548 g/mol. The van der Waals surface area contributed by atoms with Gasteiger partial charge >= 0.3 is 0 Å². The molecule has 190 valence electrons. The van der Waals surface area contributed by atoms with Gasteiger partial charge in [-0.3, -0.25) is 9.59 Å². The number of hydrogen-bond acceptors (Lipinski definition) is 6. The summed E-state index contributed by atoms with van der Waals surface area (Å²) in [5, 5.41) is 15.8. The van der Waals surface area contributed by atoms with Crippen LogP contribution in [-0.2, 0) is 11.3 Å². The number of amides is 2. The summed E-state index contributed by atoms with van der Waals surface area (Å²) >= 11 is 13.2. The fourth-order valence-corrected chi connectivity index (χ4v) is 4.39. The third kappa shape index (κ3) is 7.02. The summed E-state index contributed by atoms with van der Waals surface area (Å²) < 4.78 is 7.01. The number of carbonyl (C=O) groups is 2. The van der Waals surface area contributed by atoms with Crippen LogP contribution in [0.2, 0.25) is 10.0 Å². The van der Waals surface area contributed by atoms with Crippen molar-refractivity contribution in [2.45, 2.75) is 31.6 Å². The van der Waals surface area contributed by atoms with Gasteiger partial charge in [-0.2, -0.15) is 0 Å². The second kappa shape index (κ2) is 12.8. The van der Waals surface area contributed by atoms with Crippen LogP contribution >= 0.6 is 35.0 Å². The Labute approximate surface area is 224 Å². The number of carbonyl (C=O) groups excluding carboxylic acids is 2. The molecule has 0 saturated heterocycles. The molecule has 0 saturated carbocycles. The van der Waals surface area contributed by atoms with E-state index in [4.69, 9.17) is 27.9 Å². The minimum absolute atomic E-state index is 0.0239. The fourth-order valence-electron chi connectivity index (χ4n) is 3.33. The zero-order valence-corrected chi connectivity index (χ0v) is 22.5. The molecule has 1 heterocycles. The molecule has 0 aliphatic rings.